The van der Waals surface area contributed by atoms with E-state index in [1.807, 2.05) is 36.4 Å². The molecule has 28 heavy (non-hydrogen) atoms. The summed E-state index contributed by atoms with van der Waals surface area (Å²) in [5, 5.41) is 0. The van der Waals surface area contributed by atoms with Gasteiger partial charge >= 0.3 is 5.97 Å². The lowest BCUT2D eigenvalue weighted by Gasteiger charge is -2.43. The van der Waals surface area contributed by atoms with Gasteiger partial charge in [-0.15, -0.1) is 0 Å². The fourth-order valence-corrected chi connectivity index (χ4v) is 5.54. The van der Waals surface area contributed by atoms with Crippen molar-refractivity contribution in [3.05, 3.63) is 42.0 Å². The molecule has 7 heteroatoms. The van der Waals surface area contributed by atoms with Crippen LogP contribution in [0.3, 0.4) is 0 Å². The van der Waals surface area contributed by atoms with Crippen LogP contribution < -0.4 is 4.90 Å². The molecule has 7 nitrogen and oxygen atoms in total. The highest BCUT2D eigenvalue weighted by Gasteiger charge is 2.72. The fourth-order valence-electron chi connectivity index (χ4n) is 5.54. The fraction of sp³-hybridized carbons (Fsp3) is 0.476. The van der Waals surface area contributed by atoms with Gasteiger partial charge < -0.3 is 19.3 Å². The Kier molecular flexibility index (Phi) is 3.53. The molecule has 4 aliphatic rings. The highest BCUT2D eigenvalue weighted by molar-refractivity contribution is 6.04. The van der Waals surface area contributed by atoms with Crippen LogP contribution in [0.25, 0.3) is 0 Å². The van der Waals surface area contributed by atoms with E-state index in [2.05, 4.69) is 0 Å². The third-order valence-electron chi connectivity index (χ3n) is 6.86. The van der Waals surface area contributed by atoms with Crippen molar-refractivity contribution in [3.8, 4) is 0 Å². The first-order chi connectivity index (χ1) is 13.4. The highest BCUT2D eigenvalue weighted by Crippen LogP contribution is 2.59. The van der Waals surface area contributed by atoms with Gasteiger partial charge in [0.2, 0.25) is 11.8 Å². The zero-order chi connectivity index (χ0) is 19.8. The first kappa shape index (κ1) is 17.4. The van der Waals surface area contributed by atoms with Crippen LogP contribution in [-0.2, 0) is 23.9 Å². The SMILES string of the molecule is COC(=O)[C@H]1[C@H]2C(=O)N3c4ccccc4[C@@H](N(C)C(C)=O)C[C@H]3[C@]23C=C[C@H]1O3. The van der Waals surface area contributed by atoms with Crippen LogP contribution >= 0.6 is 0 Å². The molecule has 0 radical (unpaired) electrons. The number of anilines is 1. The average molecular weight is 382 g/mol. The molecule has 2 amide bonds. The zero-order valence-electron chi connectivity index (χ0n) is 16.0. The van der Waals surface area contributed by atoms with Gasteiger partial charge in [0.15, 0.2) is 0 Å². The number of carbonyl (C=O) groups is 3. The first-order valence-electron chi connectivity index (χ1n) is 9.51. The van der Waals surface area contributed by atoms with Crippen LogP contribution in [0.2, 0.25) is 0 Å². The molecule has 1 aromatic rings. The van der Waals surface area contributed by atoms with E-state index in [1.54, 1.807) is 23.8 Å². The van der Waals surface area contributed by atoms with Crippen molar-refractivity contribution in [2.75, 3.05) is 19.1 Å². The topological polar surface area (TPSA) is 76.2 Å². The molecule has 0 unspecified atom stereocenters. The molecular weight excluding hydrogens is 360 g/mol. The molecular formula is C21H22N2O5. The molecule has 146 valence electrons. The smallest absolute Gasteiger partial charge is 0.312 e. The monoisotopic (exact) mass is 382 g/mol. The molecule has 6 atom stereocenters. The second-order valence-corrected chi connectivity index (χ2v) is 7.99. The van der Waals surface area contributed by atoms with Crippen molar-refractivity contribution >= 4 is 23.5 Å². The Morgan fingerprint density at radius 2 is 2.07 bits per heavy atom. The first-order valence-corrected chi connectivity index (χ1v) is 9.51. The van der Waals surface area contributed by atoms with Crippen LogP contribution in [0.5, 0.6) is 0 Å². The van der Waals surface area contributed by atoms with E-state index in [0.29, 0.717) is 6.42 Å². The lowest BCUT2D eigenvalue weighted by molar-refractivity contribution is -0.149. The number of ether oxygens (including phenoxy) is 2. The van der Waals surface area contributed by atoms with Gasteiger partial charge in [-0.25, -0.2) is 0 Å². The summed E-state index contributed by atoms with van der Waals surface area (Å²) in [4.78, 5) is 41.6. The van der Waals surface area contributed by atoms with Crippen molar-refractivity contribution in [2.45, 2.75) is 37.1 Å². The van der Waals surface area contributed by atoms with Gasteiger partial charge in [-0.2, -0.15) is 0 Å². The molecule has 2 saturated heterocycles. The Bertz CT molecular complexity index is 927. The summed E-state index contributed by atoms with van der Waals surface area (Å²) in [6, 6.07) is 7.23. The average Bonchev–Trinajstić information content (AvgIpc) is 3.34. The molecule has 4 heterocycles. The quantitative estimate of drug-likeness (QED) is 0.571. The van der Waals surface area contributed by atoms with Crippen LogP contribution in [0.4, 0.5) is 5.69 Å². The van der Waals surface area contributed by atoms with Gasteiger partial charge in [0.25, 0.3) is 0 Å². The lowest BCUT2D eigenvalue weighted by atomic mass is 9.73. The van der Waals surface area contributed by atoms with Crippen molar-refractivity contribution in [1.82, 2.24) is 4.90 Å². The third-order valence-corrected chi connectivity index (χ3v) is 6.86. The van der Waals surface area contributed by atoms with Crippen molar-refractivity contribution in [2.24, 2.45) is 11.8 Å². The molecule has 0 saturated carbocycles. The highest BCUT2D eigenvalue weighted by atomic mass is 16.5. The Morgan fingerprint density at radius 3 is 2.79 bits per heavy atom. The van der Waals surface area contributed by atoms with E-state index in [1.165, 1.54) is 7.11 Å². The molecule has 5 rings (SSSR count). The molecule has 0 aromatic heterocycles. The van der Waals surface area contributed by atoms with Crippen molar-refractivity contribution < 1.29 is 23.9 Å². The van der Waals surface area contributed by atoms with Gasteiger partial charge in [-0.1, -0.05) is 30.4 Å². The summed E-state index contributed by atoms with van der Waals surface area (Å²) < 4.78 is 11.3. The predicted octanol–water partition coefficient (Wildman–Crippen LogP) is 1.44. The largest absolute Gasteiger partial charge is 0.469 e. The minimum atomic E-state index is -0.857. The molecule has 1 spiro atoms. The molecule has 4 aliphatic heterocycles. The maximum absolute atomic E-state index is 13.5. The van der Waals surface area contributed by atoms with Crippen molar-refractivity contribution in [1.29, 1.82) is 0 Å². The second-order valence-electron chi connectivity index (χ2n) is 7.99. The van der Waals surface area contributed by atoms with E-state index in [4.69, 9.17) is 9.47 Å². The van der Waals surface area contributed by atoms with E-state index in [-0.39, 0.29) is 23.9 Å². The summed E-state index contributed by atoms with van der Waals surface area (Å²) in [5.41, 5.74) is 0.869. The van der Waals surface area contributed by atoms with E-state index >= 15 is 0 Å². The Morgan fingerprint density at radius 1 is 1.32 bits per heavy atom. The molecule has 0 N–H and O–H groups in total. The van der Waals surface area contributed by atoms with Gasteiger partial charge in [0, 0.05) is 19.7 Å². The number of fused-ring (bicyclic) bond motifs is 4. The summed E-state index contributed by atoms with van der Waals surface area (Å²) in [7, 11) is 3.12. The van der Waals surface area contributed by atoms with Gasteiger partial charge in [0.1, 0.15) is 11.5 Å². The third kappa shape index (κ3) is 1.95. The standard InChI is InChI=1S/C21H22N2O5/c1-11(24)22(2)14-10-16-21-9-8-15(28-21)17(20(26)27-3)18(21)19(25)23(16)13-7-5-4-6-12(13)14/h4-9,14-18H,10H2,1-3H3/t14-,15+,16-,17+,18-,21+/m0/s1. The van der Waals surface area contributed by atoms with E-state index < -0.39 is 29.5 Å². The zero-order valence-corrected chi connectivity index (χ0v) is 16.0. The molecule has 0 aliphatic carbocycles. The molecule has 2 fully saturated rings. The Hall–Kier alpha value is -2.67. The maximum atomic E-state index is 13.5. The Balaban J connectivity index is 1.65. The number of rotatable bonds is 2. The molecule has 2 bridgehead atoms. The van der Waals surface area contributed by atoms with E-state index in [9.17, 15) is 14.4 Å². The number of benzene rings is 1. The summed E-state index contributed by atoms with van der Waals surface area (Å²) in [6.45, 7) is 1.54. The number of amides is 2. The molecule has 1 aromatic carbocycles. The number of hydrogen-bond acceptors (Lipinski definition) is 5. The maximum Gasteiger partial charge on any atom is 0.312 e. The number of carbonyl (C=O) groups excluding carboxylic acids is 3. The number of hydrogen-bond donors (Lipinski definition) is 0. The van der Waals surface area contributed by atoms with Gasteiger partial charge in [-0.05, 0) is 18.1 Å². The van der Waals surface area contributed by atoms with Crippen LogP contribution in [0.15, 0.2) is 36.4 Å². The van der Waals surface area contributed by atoms with Crippen LogP contribution in [0, 0.1) is 11.8 Å². The number of para-hydroxylation sites is 1. The second kappa shape index (κ2) is 5.67. The number of nitrogens with zero attached hydrogens (tertiary/aromatic N) is 2. The normalized spacial score (nSPS) is 36.8. The van der Waals surface area contributed by atoms with Crippen LogP contribution in [0.1, 0.15) is 24.9 Å². The summed E-state index contributed by atoms with van der Waals surface area (Å²) >= 11 is 0. The van der Waals surface area contributed by atoms with Gasteiger partial charge in [-0.3, -0.25) is 14.4 Å². The summed E-state index contributed by atoms with van der Waals surface area (Å²) in [5.74, 6) is -1.80. The number of methoxy groups -OCH3 is 1. The minimum absolute atomic E-state index is 0.0359. The van der Waals surface area contributed by atoms with Crippen LogP contribution in [-0.4, -0.2) is 54.6 Å². The Labute approximate surface area is 162 Å². The minimum Gasteiger partial charge on any atom is -0.469 e. The van der Waals surface area contributed by atoms with Crippen molar-refractivity contribution in [3.63, 3.8) is 0 Å². The number of esters is 1. The lowest BCUT2D eigenvalue weighted by Crippen LogP contribution is -2.50. The van der Waals surface area contributed by atoms with E-state index in [0.717, 1.165) is 11.3 Å². The predicted molar refractivity (Wildman–Crippen MR) is 99.3 cm³/mol. The van der Waals surface area contributed by atoms with Gasteiger partial charge in [0.05, 0.1) is 31.2 Å². The summed E-state index contributed by atoms with van der Waals surface area (Å²) in [6.07, 6.45) is 3.94.